The molecule has 2 aromatic rings. The Balaban J connectivity index is 2.52. The highest BCUT2D eigenvalue weighted by molar-refractivity contribution is 9.10. The largest absolute Gasteiger partial charge is 0.308 e. The van der Waals surface area contributed by atoms with Crippen LogP contribution in [0.25, 0.3) is 5.69 Å². The van der Waals surface area contributed by atoms with E-state index in [2.05, 4.69) is 36.8 Å². The summed E-state index contributed by atoms with van der Waals surface area (Å²) in [5.74, 6) is 0.660. The molecule has 1 aromatic carbocycles. The fraction of sp³-hybridized carbons (Fsp3) is 0.364. The van der Waals surface area contributed by atoms with Crippen LogP contribution in [0, 0.1) is 0 Å². The number of nitrogens with one attached hydrogen (secondary N) is 1. The Kier molecular flexibility index (Phi) is 4.78. The van der Waals surface area contributed by atoms with Gasteiger partial charge in [0, 0.05) is 4.47 Å². The molecule has 19 heavy (non-hydrogen) atoms. The second-order valence-electron chi connectivity index (χ2n) is 3.95. The topological polar surface area (TPSA) is 55.6 Å². The van der Waals surface area contributed by atoms with E-state index in [0.717, 1.165) is 11.0 Å². The molecule has 1 unspecified atom stereocenters. The fourth-order valence-corrected chi connectivity index (χ4v) is 3.13. The number of hydrogen-bond acceptors (Lipinski definition) is 4. The molecule has 0 amide bonds. The summed E-state index contributed by atoms with van der Waals surface area (Å²) in [5.41, 5.74) is 0.580. The Morgan fingerprint density at radius 3 is 2.58 bits per heavy atom. The van der Waals surface area contributed by atoms with E-state index < -0.39 is 0 Å². The van der Waals surface area contributed by atoms with Gasteiger partial charge in [0.2, 0.25) is 0 Å². The Morgan fingerprint density at radius 2 is 2.00 bits per heavy atom. The summed E-state index contributed by atoms with van der Waals surface area (Å²) in [5, 5.41) is 15.9. The van der Waals surface area contributed by atoms with E-state index in [1.165, 1.54) is 0 Å². The van der Waals surface area contributed by atoms with E-state index in [1.54, 1.807) is 16.8 Å². The maximum Gasteiger partial charge on any atom is 0.173 e. The van der Waals surface area contributed by atoms with Crippen LogP contribution in [0.5, 0.6) is 0 Å². The second kappa shape index (κ2) is 6.17. The molecule has 0 aliphatic rings. The quantitative estimate of drug-likeness (QED) is 0.903. The van der Waals surface area contributed by atoms with Crippen LogP contribution in [0.3, 0.4) is 0 Å². The maximum absolute atomic E-state index is 6.23. The normalized spacial score (nSPS) is 12.7. The smallest absolute Gasteiger partial charge is 0.173 e. The molecule has 0 aliphatic heterocycles. The monoisotopic (exact) mass is 363 g/mol. The number of tetrazole rings is 1. The highest BCUT2D eigenvalue weighted by atomic mass is 79.9. The van der Waals surface area contributed by atoms with E-state index in [1.807, 2.05) is 13.8 Å². The lowest BCUT2D eigenvalue weighted by Gasteiger charge is -2.14. The molecule has 0 spiro atoms. The summed E-state index contributed by atoms with van der Waals surface area (Å²) >= 11 is 15.8. The van der Waals surface area contributed by atoms with Gasteiger partial charge in [-0.25, -0.2) is 0 Å². The molecule has 5 nitrogen and oxygen atoms in total. The zero-order valence-electron chi connectivity index (χ0n) is 10.4. The first-order valence-corrected chi connectivity index (χ1v) is 7.26. The third-order valence-corrected chi connectivity index (χ3v) is 3.62. The van der Waals surface area contributed by atoms with Crippen LogP contribution in [-0.2, 0) is 0 Å². The van der Waals surface area contributed by atoms with Gasteiger partial charge in [0.05, 0.1) is 16.1 Å². The third-order valence-electron chi connectivity index (χ3n) is 2.58. The number of hydrogen-bond donors (Lipinski definition) is 1. The SMILES string of the molecule is CCNC(C)c1nnnn1-c1c(Cl)cc(Br)cc1Cl. The van der Waals surface area contributed by atoms with Crippen LogP contribution in [-0.4, -0.2) is 26.8 Å². The van der Waals surface area contributed by atoms with Gasteiger partial charge >= 0.3 is 0 Å². The lowest BCUT2D eigenvalue weighted by molar-refractivity contribution is 0.550. The average Bonchev–Trinajstić information content (AvgIpc) is 2.77. The van der Waals surface area contributed by atoms with Crippen molar-refractivity contribution >= 4 is 39.1 Å². The van der Waals surface area contributed by atoms with Gasteiger partial charge in [-0.15, -0.1) is 5.10 Å². The molecule has 0 saturated heterocycles. The molecule has 0 fully saturated rings. The zero-order chi connectivity index (χ0) is 14.0. The Labute approximate surface area is 129 Å². The summed E-state index contributed by atoms with van der Waals surface area (Å²) in [6.45, 7) is 4.81. The van der Waals surface area contributed by atoms with Crippen molar-refractivity contribution in [3.63, 3.8) is 0 Å². The minimum absolute atomic E-state index is 0.00391. The lowest BCUT2D eigenvalue weighted by Crippen LogP contribution is -2.21. The van der Waals surface area contributed by atoms with Gasteiger partial charge in [-0.05, 0) is 36.0 Å². The predicted octanol–water partition coefficient (Wildman–Crippen LogP) is 3.40. The van der Waals surface area contributed by atoms with Crippen molar-refractivity contribution in [2.75, 3.05) is 6.54 Å². The van der Waals surface area contributed by atoms with E-state index in [-0.39, 0.29) is 6.04 Å². The van der Waals surface area contributed by atoms with E-state index in [4.69, 9.17) is 23.2 Å². The highest BCUT2D eigenvalue weighted by Crippen LogP contribution is 2.32. The van der Waals surface area contributed by atoms with E-state index >= 15 is 0 Å². The van der Waals surface area contributed by atoms with Gasteiger partial charge < -0.3 is 5.32 Å². The van der Waals surface area contributed by atoms with Crippen molar-refractivity contribution < 1.29 is 0 Å². The second-order valence-corrected chi connectivity index (χ2v) is 5.68. The Hall–Kier alpha value is -0.690. The first kappa shape index (κ1) is 14.7. The summed E-state index contributed by atoms with van der Waals surface area (Å²) < 4.78 is 2.37. The van der Waals surface area contributed by atoms with E-state index in [0.29, 0.717) is 21.6 Å². The van der Waals surface area contributed by atoms with Crippen LogP contribution in [0.1, 0.15) is 25.7 Å². The average molecular weight is 365 g/mol. The third kappa shape index (κ3) is 3.08. The van der Waals surface area contributed by atoms with Crippen LogP contribution in [0.15, 0.2) is 16.6 Å². The molecular formula is C11H12BrCl2N5. The molecule has 1 heterocycles. The fourth-order valence-electron chi connectivity index (χ4n) is 1.76. The molecule has 1 N–H and O–H groups in total. The van der Waals surface area contributed by atoms with Crippen molar-refractivity contribution in [1.82, 2.24) is 25.5 Å². The lowest BCUT2D eigenvalue weighted by atomic mass is 10.2. The molecule has 1 atom stereocenters. The van der Waals surface area contributed by atoms with Gasteiger partial charge in [0.15, 0.2) is 5.82 Å². The van der Waals surface area contributed by atoms with Gasteiger partial charge in [-0.2, -0.15) is 4.68 Å². The van der Waals surface area contributed by atoms with Gasteiger partial charge in [-0.3, -0.25) is 0 Å². The standard InChI is InChI=1S/C11H12BrCl2N5/c1-3-15-6(2)11-16-17-18-19(11)10-8(13)4-7(12)5-9(10)14/h4-6,15H,3H2,1-2H3. The molecule has 0 bridgehead atoms. The molecule has 1 aromatic heterocycles. The predicted molar refractivity (Wildman–Crippen MR) is 79.0 cm³/mol. The van der Waals surface area contributed by atoms with Crippen molar-refractivity contribution in [2.24, 2.45) is 0 Å². The van der Waals surface area contributed by atoms with Gasteiger partial charge in [-0.1, -0.05) is 46.1 Å². The molecule has 0 saturated carbocycles. The maximum atomic E-state index is 6.23. The van der Waals surface area contributed by atoms with Gasteiger partial charge in [0.1, 0.15) is 5.69 Å². The molecule has 2 rings (SSSR count). The van der Waals surface area contributed by atoms with Crippen LogP contribution in [0.2, 0.25) is 10.0 Å². The van der Waals surface area contributed by atoms with Crippen molar-refractivity contribution in [1.29, 1.82) is 0 Å². The first-order valence-electron chi connectivity index (χ1n) is 5.71. The zero-order valence-corrected chi connectivity index (χ0v) is 13.5. The number of benzene rings is 1. The van der Waals surface area contributed by atoms with Crippen molar-refractivity contribution in [3.05, 3.63) is 32.5 Å². The van der Waals surface area contributed by atoms with Gasteiger partial charge in [0.25, 0.3) is 0 Å². The summed E-state index contributed by atoms with van der Waals surface area (Å²) in [6.07, 6.45) is 0. The highest BCUT2D eigenvalue weighted by Gasteiger charge is 2.19. The minimum Gasteiger partial charge on any atom is -0.308 e. The van der Waals surface area contributed by atoms with Crippen molar-refractivity contribution in [3.8, 4) is 5.69 Å². The number of aromatic nitrogens is 4. The summed E-state index contributed by atoms with van der Waals surface area (Å²) in [7, 11) is 0. The number of halogens is 3. The van der Waals surface area contributed by atoms with Crippen molar-refractivity contribution in [2.45, 2.75) is 19.9 Å². The van der Waals surface area contributed by atoms with E-state index in [9.17, 15) is 0 Å². The van der Waals surface area contributed by atoms with Crippen LogP contribution >= 0.6 is 39.1 Å². The van der Waals surface area contributed by atoms with Crippen LogP contribution in [0.4, 0.5) is 0 Å². The summed E-state index contributed by atoms with van der Waals surface area (Å²) in [4.78, 5) is 0. The number of rotatable bonds is 4. The first-order chi connectivity index (χ1) is 9.04. The Bertz CT molecular complexity index is 563. The van der Waals surface area contributed by atoms with Crippen LogP contribution < -0.4 is 5.32 Å². The molecule has 8 heteroatoms. The minimum atomic E-state index is -0.00391. The number of nitrogens with zero attached hydrogens (tertiary/aromatic N) is 4. The molecule has 102 valence electrons. The molecule has 0 radical (unpaired) electrons. The molecule has 0 aliphatic carbocycles. The Morgan fingerprint density at radius 1 is 1.37 bits per heavy atom. The summed E-state index contributed by atoms with van der Waals surface area (Å²) in [6, 6.07) is 3.51. The molecular weight excluding hydrogens is 353 g/mol.